The Labute approximate surface area is 127 Å². The third-order valence-electron chi connectivity index (χ3n) is 2.66. The number of halogens is 1. The largest absolute Gasteiger partial charge is 0.345 e. The Morgan fingerprint density at radius 2 is 1.75 bits per heavy atom. The average Bonchev–Trinajstić information content (AvgIpc) is 2.47. The summed E-state index contributed by atoms with van der Waals surface area (Å²) in [5, 5.41) is 2.79. The van der Waals surface area contributed by atoms with Crippen molar-refractivity contribution in [2.75, 3.05) is 6.54 Å². The number of nitrogens with one attached hydrogen (secondary N) is 1. The Kier molecular flexibility index (Phi) is 5.40. The molecule has 0 aromatic heterocycles. The molecule has 0 aliphatic carbocycles. The molecule has 0 aliphatic rings. The van der Waals surface area contributed by atoms with E-state index in [0.717, 1.165) is 15.6 Å². The molecule has 1 N–H and O–H groups in total. The molecule has 0 saturated heterocycles. The van der Waals surface area contributed by atoms with Crippen LogP contribution in [-0.4, -0.2) is 12.5 Å². The highest BCUT2D eigenvalue weighted by Gasteiger charge is 2.01. The van der Waals surface area contributed by atoms with E-state index >= 15 is 0 Å². The molecule has 3 heteroatoms. The van der Waals surface area contributed by atoms with E-state index in [1.807, 2.05) is 54.6 Å². The van der Waals surface area contributed by atoms with Gasteiger partial charge < -0.3 is 5.32 Å². The Bertz CT molecular complexity index is 624. The first-order valence-electron chi connectivity index (χ1n) is 6.29. The summed E-state index contributed by atoms with van der Waals surface area (Å²) >= 11 is 3.37. The van der Waals surface area contributed by atoms with E-state index in [1.165, 1.54) is 0 Å². The van der Waals surface area contributed by atoms with E-state index in [0.29, 0.717) is 13.0 Å². The fraction of sp³-hybridized carbons (Fsp3) is 0.118. The van der Waals surface area contributed by atoms with Crippen LogP contribution < -0.4 is 5.32 Å². The molecule has 2 nitrogen and oxygen atoms in total. The quantitative estimate of drug-likeness (QED) is 0.862. The molecule has 0 radical (unpaired) electrons. The van der Waals surface area contributed by atoms with Crippen molar-refractivity contribution in [3.05, 3.63) is 70.2 Å². The lowest BCUT2D eigenvalue weighted by Crippen LogP contribution is -2.25. The van der Waals surface area contributed by atoms with Gasteiger partial charge in [0.2, 0.25) is 5.91 Å². The van der Waals surface area contributed by atoms with Gasteiger partial charge in [0.15, 0.2) is 0 Å². The molecule has 2 aromatic carbocycles. The van der Waals surface area contributed by atoms with E-state index in [-0.39, 0.29) is 5.91 Å². The number of rotatable bonds is 3. The zero-order valence-corrected chi connectivity index (χ0v) is 12.5. The topological polar surface area (TPSA) is 29.1 Å². The first-order valence-corrected chi connectivity index (χ1v) is 7.08. The third kappa shape index (κ3) is 4.91. The molecule has 2 aromatic rings. The van der Waals surface area contributed by atoms with E-state index < -0.39 is 0 Å². The van der Waals surface area contributed by atoms with Crippen LogP contribution in [0, 0.1) is 11.8 Å². The maximum atomic E-state index is 11.7. The first-order chi connectivity index (χ1) is 9.74. The lowest BCUT2D eigenvalue weighted by molar-refractivity contribution is -0.120. The van der Waals surface area contributed by atoms with Gasteiger partial charge in [-0.2, -0.15) is 0 Å². The first kappa shape index (κ1) is 14.4. The van der Waals surface area contributed by atoms with Crippen LogP contribution in [0.25, 0.3) is 0 Å². The Morgan fingerprint density at radius 1 is 1.05 bits per heavy atom. The molecule has 0 spiro atoms. The van der Waals surface area contributed by atoms with E-state index in [4.69, 9.17) is 0 Å². The summed E-state index contributed by atoms with van der Waals surface area (Å²) in [5.41, 5.74) is 1.94. The van der Waals surface area contributed by atoms with Crippen molar-refractivity contribution in [3.63, 3.8) is 0 Å². The maximum absolute atomic E-state index is 11.7. The number of benzene rings is 2. The zero-order valence-electron chi connectivity index (χ0n) is 10.9. The smallest absolute Gasteiger partial charge is 0.225 e. The van der Waals surface area contributed by atoms with Crippen LogP contribution in [0.4, 0.5) is 0 Å². The second-order valence-electron chi connectivity index (χ2n) is 4.25. The number of carbonyl (C=O) groups is 1. The van der Waals surface area contributed by atoms with Gasteiger partial charge >= 0.3 is 0 Å². The van der Waals surface area contributed by atoms with Gasteiger partial charge in [0.1, 0.15) is 0 Å². The zero-order chi connectivity index (χ0) is 14.2. The van der Waals surface area contributed by atoms with Gasteiger partial charge in [-0.15, -0.1) is 0 Å². The van der Waals surface area contributed by atoms with Crippen molar-refractivity contribution in [3.8, 4) is 11.8 Å². The van der Waals surface area contributed by atoms with Gasteiger partial charge in [0.25, 0.3) is 0 Å². The van der Waals surface area contributed by atoms with Crippen molar-refractivity contribution < 1.29 is 4.79 Å². The van der Waals surface area contributed by atoms with Gasteiger partial charge in [-0.3, -0.25) is 4.79 Å². The van der Waals surface area contributed by atoms with Gasteiger partial charge in [-0.1, -0.05) is 58.1 Å². The third-order valence-corrected chi connectivity index (χ3v) is 3.19. The minimum Gasteiger partial charge on any atom is -0.345 e. The lowest BCUT2D eigenvalue weighted by atomic mass is 10.1. The molecule has 0 aliphatic heterocycles. The Balaban J connectivity index is 1.78. The summed E-state index contributed by atoms with van der Waals surface area (Å²) in [6.45, 7) is 0.365. The molecule has 20 heavy (non-hydrogen) atoms. The molecule has 1 amide bonds. The van der Waals surface area contributed by atoms with E-state index in [1.54, 1.807) is 0 Å². The average molecular weight is 328 g/mol. The van der Waals surface area contributed by atoms with Crippen LogP contribution in [0.1, 0.15) is 11.1 Å². The molecular formula is C17H14BrNO. The van der Waals surface area contributed by atoms with E-state index in [2.05, 4.69) is 33.1 Å². The number of hydrogen-bond donors (Lipinski definition) is 1. The number of amides is 1. The van der Waals surface area contributed by atoms with Crippen LogP contribution in [-0.2, 0) is 11.2 Å². The van der Waals surface area contributed by atoms with Gasteiger partial charge in [0.05, 0.1) is 13.0 Å². The summed E-state index contributed by atoms with van der Waals surface area (Å²) in [5.74, 6) is 5.92. The molecule has 0 fully saturated rings. The normalized spacial score (nSPS) is 9.45. The van der Waals surface area contributed by atoms with Crippen LogP contribution in [0.5, 0.6) is 0 Å². The molecule has 0 bridgehead atoms. The van der Waals surface area contributed by atoms with Crippen molar-refractivity contribution in [1.82, 2.24) is 5.32 Å². The molecule has 0 heterocycles. The predicted molar refractivity (Wildman–Crippen MR) is 84.2 cm³/mol. The van der Waals surface area contributed by atoms with Crippen molar-refractivity contribution >= 4 is 21.8 Å². The maximum Gasteiger partial charge on any atom is 0.225 e. The number of carbonyl (C=O) groups excluding carboxylic acids is 1. The Morgan fingerprint density at radius 3 is 2.45 bits per heavy atom. The van der Waals surface area contributed by atoms with Gasteiger partial charge in [-0.05, 0) is 29.8 Å². The molecule has 0 atom stereocenters. The fourth-order valence-corrected chi connectivity index (χ4v) is 1.93. The standard InChI is InChI=1S/C17H14BrNO/c18-16-10-8-15(9-11-16)13-17(20)19-12-4-7-14-5-2-1-3-6-14/h1-3,5-6,8-11H,12-13H2,(H,19,20). The Hall–Kier alpha value is -2.05. The lowest BCUT2D eigenvalue weighted by Gasteiger charge is -2.01. The summed E-state index contributed by atoms with van der Waals surface area (Å²) in [7, 11) is 0. The van der Waals surface area contributed by atoms with Crippen LogP contribution in [0.15, 0.2) is 59.1 Å². The van der Waals surface area contributed by atoms with Crippen molar-refractivity contribution in [2.24, 2.45) is 0 Å². The number of hydrogen-bond acceptors (Lipinski definition) is 1. The van der Waals surface area contributed by atoms with Crippen LogP contribution in [0.2, 0.25) is 0 Å². The fourth-order valence-electron chi connectivity index (χ4n) is 1.66. The molecular weight excluding hydrogens is 314 g/mol. The van der Waals surface area contributed by atoms with Crippen molar-refractivity contribution in [2.45, 2.75) is 6.42 Å². The molecule has 2 rings (SSSR count). The summed E-state index contributed by atoms with van der Waals surface area (Å²) in [6.07, 6.45) is 0.375. The monoisotopic (exact) mass is 327 g/mol. The second-order valence-corrected chi connectivity index (χ2v) is 5.16. The van der Waals surface area contributed by atoms with Gasteiger partial charge in [-0.25, -0.2) is 0 Å². The highest BCUT2D eigenvalue weighted by atomic mass is 79.9. The molecule has 0 saturated carbocycles. The van der Waals surface area contributed by atoms with Gasteiger partial charge in [0, 0.05) is 10.0 Å². The predicted octanol–water partition coefficient (Wildman–Crippen LogP) is 3.16. The minimum atomic E-state index is -0.0188. The van der Waals surface area contributed by atoms with Crippen LogP contribution >= 0.6 is 15.9 Å². The highest BCUT2D eigenvalue weighted by Crippen LogP contribution is 2.10. The summed E-state index contributed by atoms with van der Waals surface area (Å²) in [6, 6.07) is 17.4. The highest BCUT2D eigenvalue weighted by molar-refractivity contribution is 9.10. The summed E-state index contributed by atoms with van der Waals surface area (Å²) in [4.78, 5) is 11.7. The molecule has 0 unspecified atom stereocenters. The van der Waals surface area contributed by atoms with Crippen LogP contribution in [0.3, 0.4) is 0 Å². The summed E-state index contributed by atoms with van der Waals surface area (Å²) < 4.78 is 1.01. The minimum absolute atomic E-state index is 0.0188. The molecule has 100 valence electrons. The SMILES string of the molecule is O=C(Cc1ccc(Br)cc1)NCC#Cc1ccccc1. The van der Waals surface area contributed by atoms with Crippen molar-refractivity contribution in [1.29, 1.82) is 0 Å². The van der Waals surface area contributed by atoms with E-state index in [9.17, 15) is 4.79 Å². The second kappa shape index (κ2) is 7.52.